The smallest absolute Gasteiger partial charge is 0.258 e. The van der Waals surface area contributed by atoms with Crippen LogP contribution in [0.15, 0.2) is 40.9 Å². The Bertz CT molecular complexity index is 937. The summed E-state index contributed by atoms with van der Waals surface area (Å²) in [4.78, 5) is 20.9. The lowest BCUT2D eigenvalue weighted by molar-refractivity contribution is 0.102. The molecule has 0 bridgehead atoms. The molecule has 0 radical (unpaired) electrons. The minimum atomic E-state index is -0.119. The monoisotopic (exact) mass is 401 g/mol. The molecule has 4 rings (SSSR count). The second-order valence-electron chi connectivity index (χ2n) is 6.01. The molecular weight excluding hydrogens is 386 g/mol. The Morgan fingerprint density at radius 1 is 1.33 bits per heavy atom. The van der Waals surface area contributed by atoms with Gasteiger partial charge in [-0.2, -0.15) is 0 Å². The van der Waals surface area contributed by atoms with E-state index in [1.165, 1.54) is 4.88 Å². The minimum absolute atomic E-state index is 0.119. The molecule has 1 aliphatic rings. The minimum Gasteiger partial charge on any atom is -0.301 e. The molecule has 2 aromatic carbocycles. The van der Waals surface area contributed by atoms with Gasteiger partial charge in [0.2, 0.25) is 0 Å². The van der Waals surface area contributed by atoms with Gasteiger partial charge in [-0.1, -0.05) is 40.2 Å². The van der Waals surface area contributed by atoms with Gasteiger partial charge < -0.3 is 4.90 Å². The van der Waals surface area contributed by atoms with Crippen molar-refractivity contribution in [3.8, 4) is 0 Å². The molecule has 1 aromatic heterocycles. The van der Waals surface area contributed by atoms with Crippen LogP contribution in [0.4, 0.5) is 5.13 Å². The van der Waals surface area contributed by atoms with Gasteiger partial charge in [0, 0.05) is 34.4 Å². The van der Waals surface area contributed by atoms with E-state index in [1.807, 2.05) is 36.4 Å². The highest BCUT2D eigenvalue weighted by Gasteiger charge is 2.20. The standard InChI is InChI=1S/C18H16BrN3OS/c1-22-7-6-15-16(10-22)24-18(20-15)21-17(23)14-9-12(19)8-11-4-2-3-5-13(11)14/h2-5,8-9H,6-7,10H2,1H3,(H,20,21,23). The molecule has 2 heterocycles. The summed E-state index contributed by atoms with van der Waals surface area (Å²) in [6.45, 7) is 1.92. The van der Waals surface area contributed by atoms with E-state index in [4.69, 9.17) is 0 Å². The van der Waals surface area contributed by atoms with Crippen LogP contribution in [0, 0.1) is 0 Å². The van der Waals surface area contributed by atoms with Crippen LogP contribution in [0.2, 0.25) is 0 Å². The summed E-state index contributed by atoms with van der Waals surface area (Å²) in [5, 5.41) is 5.65. The van der Waals surface area contributed by atoms with Crippen molar-refractivity contribution >= 4 is 49.1 Å². The molecule has 1 N–H and O–H groups in total. The van der Waals surface area contributed by atoms with Crippen LogP contribution in [-0.4, -0.2) is 29.4 Å². The molecule has 0 saturated heterocycles. The Morgan fingerprint density at radius 3 is 3.04 bits per heavy atom. The third kappa shape index (κ3) is 2.97. The quantitative estimate of drug-likeness (QED) is 0.695. The molecule has 0 atom stereocenters. The van der Waals surface area contributed by atoms with Gasteiger partial charge >= 0.3 is 0 Å². The van der Waals surface area contributed by atoms with Gasteiger partial charge in [-0.05, 0) is 30.0 Å². The number of benzene rings is 2. The Kier molecular flexibility index (Phi) is 4.12. The number of thiazole rings is 1. The lowest BCUT2D eigenvalue weighted by Gasteiger charge is -2.20. The first kappa shape index (κ1) is 15.7. The zero-order chi connectivity index (χ0) is 16.7. The van der Waals surface area contributed by atoms with Crippen molar-refractivity contribution in [1.82, 2.24) is 9.88 Å². The molecule has 0 aliphatic carbocycles. The van der Waals surface area contributed by atoms with Gasteiger partial charge in [0.1, 0.15) is 0 Å². The highest BCUT2D eigenvalue weighted by atomic mass is 79.9. The van der Waals surface area contributed by atoms with Crippen molar-refractivity contribution in [2.45, 2.75) is 13.0 Å². The number of fused-ring (bicyclic) bond motifs is 2. The van der Waals surface area contributed by atoms with Crippen molar-refractivity contribution in [3.05, 3.63) is 57.0 Å². The number of nitrogens with one attached hydrogen (secondary N) is 1. The lowest BCUT2D eigenvalue weighted by Crippen LogP contribution is -2.25. The maximum atomic E-state index is 12.8. The Morgan fingerprint density at radius 2 is 2.17 bits per heavy atom. The second-order valence-corrected chi connectivity index (χ2v) is 8.00. The Labute approximate surface area is 152 Å². The summed E-state index contributed by atoms with van der Waals surface area (Å²) in [6, 6.07) is 11.8. The SMILES string of the molecule is CN1CCc2nc(NC(=O)c3cc(Br)cc4ccccc34)sc2C1. The summed E-state index contributed by atoms with van der Waals surface area (Å²) in [7, 11) is 2.11. The number of halogens is 1. The summed E-state index contributed by atoms with van der Waals surface area (Å²) < 4.78 is 0.895. The maximum Gasteiger partial charge on any atom is 0.258 e. The number of carbonyl (C=O) groups excluding carboxylic acids is 1. The summed E-state index contributed by atoms with van der Waals surface area (Å²) in [5.41, 5.74) is 1.78. The fourth-order valence-corrected chi connectivity index (χ4v) is 4.56. The number of nitrogens with zero attached hydrogens (tertiary/aromatic N) is 2. The molecule has 1 aliphatic heterocycles. The summed E-state index contributed by atoms with van der Waals surface area (Å²) >= 11 is 5.07. The highest BCUT2D eigenvalue weighted by molar-refractivity contribution is 9.10. The van der Waals surface area contributed by atoms with Gasteiger partial charge in [-0.3, -0.25) is 10.1 Å². The van der Waals surface area contributed by atoms with Crippen LogP contribution in [0.1, 0.15) is 20.9 Å². The molecule has 24 heavy (non-hydrogen) atoms. The third-order valence-electron chi connectivity index (χ3n) is 4.21. The Hall–Kier alpha value is -1.76. The van der Waals surface area contributed by atoms with Gasteiger partial charge in [0.25, 0.3) is 5.91 Å². The van der Waals surface area contributed by atoms with Crippen LogP contribution >= 0.6 is 27.3 Å². The molecule has 0 saturated carbocycles. The first-order chi connectivity index (χ1) is 11.6. The number of rotatable bonds is 2. The van der Waals surface area contributed by atoms with Crippen molar-refractivity contribution in [2.24, 2.45) is 0 Å². The van der Waals surface area contributed by atoms with Gasteiger partial charge in [-0.15, -0.1) is 11.3 Å². The van der Waals surface area contributed by atoms with Gasteiger partial charge in [0.05, 0.1) is 5.69 Å². The number of hydrogen-bond donors (Lipinski definition) is 1. The molecule has 6 heteroatoms. The van der Waals surface area contributed by atoms with Gasteiger partial charge in [0.15, 0.2) is 5.13 Å². The molecular formula is C18H16BrN3OS. The first-order valence-corrected chi connectivity index (χ1v) is 9.38. The first-order valence-electron chi connectivity index (χ1n) is 7.77. The number of likely N-dealkylation sites (N-methyl/N-ethyl adjacent to an activating group) is 1. The van der Waals surface area contributed by atoms with Crippen molar-refractivity contribution in [2.75, 3.05) is 18.9 Å². The zero-order valence-electron chi connectivity index (χ0n) is 13.2. The van der Waals surface area contributed by atoms with E-state index in [9.17, 15) is 4.79 Å². The molecule has 0 unspecified atom stereocenters. The number of anilines is 1. The zero-order valence-corrected chi connectivity index (χ0v) is 15.6. The van der Waals surface area contributed by atoms with Crippen LogP contribution in [-0.2, 0) is 13.0 Å². The number of carbonyl (C=O) groups is 1. The van der Waals surface area contributed by atoms with E-state index in [0.717, 1.165) is 40.4 Å². The summed E-state index contributed by atoms with van der Waals surface area (Å²) in [5.74, 6) is -0.119. The Balaban J connectivity index is 1.66. The van der Waals surface area contributed by atoms with Crippen molar-refractivity contribution in [1.29, 1.82) is 0 Å². The van der Waals surface area contributed by atoms with Crippen LogP contribution in [0.25, 0.3) is 10.8 Å². The maximum absolute atomic E-state index is 12.8. The molecule has 0 fully saturated rings. The third-order valence-corrected chi connectivity index (χ3v) is 5.67. The number of hydrogen-bond acceptors (Lipinski definition) is 4. The molecule has 3 aromatic rings. The van der Waals surface area contributed by atoms with Crippen LogP contribution in [0.3, 0.4) is 0 Å². The van der Waals surface area contributed by atoms with Gasteiger partial charge in [-0.25, -0.2) is 4.98 Å². The molecule has 4 nitrogen and oxygen atoms in total. The molecule has 1 amide bonds. The normalized spacial score (nSPS) is 14.6. The van der Waals surface area contributed by atoms with Crippen molar-refractivity contribution < 1.29 is 4.79 Å². The topological polar surface area (TPSA) is 45.2 Å². The number of amides is 1. The fourth-order valence-electron chi connectivity index (χ4n) is 3.00. The van der Waals surface area contributed by atoms with E-state index in [1.54, 1.807) is 11.3 Å². The predicted octanol–water partition coefficient (Wildman–Crippen LogP) is 4.30. The van der Waals surface area contributed by atoms with Crippen LogP contribution < -0.4 is 5.32 Å². The highest BCUT2D eigenvalue weighted by Crippen LogP contribution is 2.29. The van der Waals surface area contributed by atoms with E-state index in [-0.39, 0.29) is 5.91 Å². The van der Waals surface area contributed by atoms with E-state index < -0.39 is 0 Å². The predicted molar refractivity (Wildman–Crippen MR) is 102 cm³/mol. The molecule has 0 spiro atoms. The average molecular weight is 402 g/mol. The lowest BCUT2D eigenvalue weighted by atomic mass is 10.0. The van der Waals surface area contributed by atoms with Crippen molar-refractivity contribution in [3.63, 3.8) is 0 Å². The van der Waals surface area contributed by atoms with E-state index in [2.05, 4.69) is 38.2 Å². The molecule has 122 valence electrons. The fraction of sp³-hybridized carbons (Fsp3) is 0.222. The van der Waals surface area contributed by atoms with E-state index in [0.29, 0.717) is 10.7 Å². The van der Waals surface area contributed by atoms with Crippen LogP contribution in [0.5, 0.6) is 0 Å². The number of aromatic nitrogens is 1. The van der Waals surface area contributed by atoms with E-state index >= 15 is 0 Å². The second kappa shape index (κ2) is 6.27. The summed E-state index contributed by atoms with van der Waals surface area (Å²) in [6.07, 6.45) is 0.942. The average Bonchev–Trinajstić information content (AvgIpc) is 2.95. The largest absolute Gasteiger partial charge is 0.301 e.